The van der Waals surface area contributed by atoms with Crippen molar-refractivity contribution in [3.05, 3.63) is 214 Å². The van der Waals surface area contributed by atoms with Crippen LogP contribution in [0.5, 0.6) is 5.88 Å². The lowest BCUT2D eigenvalue weighted by Crippen LogP contribution is -2.39. The fraction of sp³-hybridized carbons (Fsp3) is 0.176. The molecule has 0 spiro atoms. The summed E-state index contributed by atoms with van der Waals surface area (Å²) in [6.07, 6.45) is 3.40. The number of carbonyl (C=O) groups excluding carboxylic acids is 1. The molecule has 0 bridgehead atoms. The molecule has 8 aromatic rings. The van der Waals surface area contributed by atoms with Crippen LogP contribution in [0, 0.1) is 6.92 Å². The Morgan fingerprint density at radius 2 is 1.27 bits per heavy atom. The van der Waals surface area contributed by atoms with Crippen LogP contribution in [0.2, 0.25) is 0 Å². The van der Waals surface area contributed by atoms with Crippen molar-refractivity contribution in [1.82, 2.24) is 30.2 Å². The normalized spacial score (nSPS) is 11.3. The van der Waals surface area contributed by atoms with E-state index in [1.165, 1.54) is 7.11 Å². The van der Waals surface area contributed by atoms with Crippen LogP contribution in [0.3, 0.4) is 0 Å². The molecular weight excluding hydrogens is 745 g/mol. The minimum atomic E-state index is -0.883. The van der Waals surface area contributed by atoms with Gasteiger partial charge < -0.3 is 9.47 Å². The summed E-state index contributed by atoms with van der Waals surface area (Å²) in [6, 6.07) is 55.5. The Morgan fingerprint density at radius 1 is 0.683 bits per heavy atom. The molecule has 0 aliphatic heterocycles. The molecule has 9 nitrogen and oxygen atoms in total. The molecule has 298 valence electrons. The maximum Gasteiger partial charge on any atom is 0.338 e. The van der Waals surface area contributed by atoms with Crippen molar-refractivity contribution >= 4 is 5.97 Å². The number of carbonyl (C=O) groups is 1. The highest BCUT2D eigenvalue weighted by molar-refractivity contribution is 5.91. The van der Waals surface area contributed by atoms with Gasteiger partial charge in [-0.3, -0.25) is 0 Å². The highest BCUT2D eigenvalue weighted by Crippen LogP contribution is 2.43. The van der Waals surface area contributed by atoms with Crippen molar-refractivity contribution in [2.45, 2.75) is 51.7 Å². The Labute approximate surface area is 350 Å². The second-order valence-electron chi connectivity index (χ2n) is 14.7. The Balaban J connectivity index is 1.17. The maximum atomic E-state index is 12.5. The van der Waals surface area contributed by atoms with Gasteiger partial charge in [0.15, 0.2) is 5.82 Å². The molecule has 2 heterocycles. The topological polar surface area (TPSA) is 105 Å². The Hall–Kier alpha value is -7.26. The standard InChI is InChI=1S/C51H46N6O3/c1-4-5-29-47-46(49(53-36(2)52-47)60-35-39-19-15-16-27-44(39)50(58)59-3)34-37-30-32-38(33-31-37)43-26-17-18-28-45(43)48-54-55-56-57(48)51(40-20-9-6-10-21-40,41-22-11-7-12-23-41)42-24-13-8-14-25-42/h6-28,30-33H,4-5,29,34-35H2,1-3H3. The van der Waals surface area contributed by atoms with Gasteiger partial charge >= 0.3 is 5.97 Å². The van der Waals surface area contributed by atoms with E-state index >= 15 is 0 Å². The van der Waals surface area contributed by atoms with Crippen LogP contribution in [0.1, 0.15) is 75.0 Å². The predicted octanol–water partition coefficient (Wildman–Crippen LogP) is 10.2. The van der Waals surface area contributed by atoms with Gasteiger partial charge in [0, 0.05) is 23.1 Å². The van der Waals surface area contributed by atoms with Crippen LogP contribution >= 0.6 is 0 Å². The second kappa shape index (κ2) is 18.1. The van der Waals surface area contributed by atoms with Gasteiger partial charge in [0.1, 0.15) is 18.0 Å². The van der Waals surface area contributed by atoms with Crippen molar-refractivity contribution in [3.63, 3.8) is 0 Å². The van der Waals surface area contributed by atoms with E-state index in [-0.39, 0.29) is 6.61 Å². The number of tetrazole rings is 1. The van der Waals surface area contributed by atoms with Crippen LogP contribution in [0.15, 0.2) is 164 Å². The highest BCUT2D eigenvalue weighted by atomic mass is 16.5. The summed E-state index contributed by atoms with van der Waals surface area (Å²) >= 11 is 0. The summed E-state index contributed by atoms with van der Waals surface area (Å²) in [4.78, 5) is 22.2. The smallest absolute Gasteiger partial charge is 0.338 e. The first kappa shape index (κ1) is 39.6. The molecule has 0 atom stereocenters. The van der Waals surface area contributed by atoms with Crippen molar-refractivity contribution < 1.29 is 14.3 Å². The molecule has 0 amide bonds. The molecule has 8 rings (SSSR count). The van der Waals surface area contributed by atoms with Gasteiger partial charge in [-0.2, -0.15) is 4.98 Å². The number of ether oxygens (including phenoxy) is 2. The molecule has 0 N–H and O–H groups in total. The fourth-order valence-corrected chi connectivity index (χ4v) is 8.00. The van der Waals surface area contributed by atoms with E-state index in [1.54, 1.807) is 6.07 Å². The number of benzene rings is 6. The van der Waals surface area contributed by atoms with Crippen molar-refractivity contribution in [1.29, 1.82) is 0 Å². The summed E-state index contributed by atoms with van der Waals surface area (Å²) < 4.78 is 13.4. The molecule has 0 aliphatic rings. The van der Waals surface area contributed by atoms with Crippen LogP contribution in [0.4, 0.5) is 0 Å². The Bertz CT molecular complexity index is 2590. The zero-order chi connectivity index (χ0) is 41.3. The molecular formula is C51H46N6O3. The zero-order valence-corrected chi connectivity index (χ0v) is 34.0. The number of hydrogen-bond donors (Lipinski definition) is 0. The van der Waals surface area contributed by atoms with Crippen molar-refractivity contribution in [3.8, 4) is 28.4 Å². The second-order valence-corrected chi connectivity index (χ2v) is 14.7. The fourth-order valence-electron chi connectivity index (χ4n) is 8.00. The molecule has 0 aliphatic carbocycles. The Kier molecular flexibility index (Phi) is 11.9. The third kappa shape index (κ3) is 7.94. The minimum Gasteiger partial charge on any atom is -0.472 e. The number of unbranched alkanes of at least 4 members (excludes halogenated alkanes) is 1. The average Bonchev–Trinajstić information content (AvgIpc) is 3.80. The van der Waals surface area contributed by atoms with Crippen molar-refractivity contribution in [2.75, 3.05) is 7.11 Å². The quantitative estimate of drug-likeness (QED) is 0.0747. The first-order chi connectivity index (χ1) is 29.5. The van der Waals surface area contributed by atoms with E-state index < -0.39 is 11.5 Å². The number of esters is 1. The van der Waals surface area contributed by atoms with E-state index in [0.717, 1.165) is 75.0 Å². The summed E-state index contributed by atoms with van der Waals surface area (Å²) in [5.74, 6) is 1.40. The number of nitrogens with zero attached hydrogens (tertiary/aromatic N) is 6. The third-order valence-electron chi connectivity index (χ3n) is 10.9. The molecule has 0 saturated heterocycles. The SMILES string of the molecule is CCCCc1nc(C)nc(OCc2ccccc2C(=O)OC)c1Cc1ccc(-c2ccccc2-c2nnnn2C(c2ccccc2)(c2ccccc2)c2ccccc2)cc1. The molecule has 0 radical (unpaired) electrons. The predicted molar refractivity (Wildman–Crippen MR) is 234 cm³/mol. The number of aryl methyl sites for hydroxylation is 2. The number of aromatic nitrogens is 6. The van der Waals surface area contributed by atoms with E-state index in [2.05, 4.69) is 121 Å². The third-order valence-corrected chi connectivity index (χ3v) is 10.9. The van der Waals surface area contributed by atoms with Crippen molar-refractivity contribution in [2.24, 2.45) is 0 Å². The summed E-state index contributed by atoms with van der Waals surface area (Å²) in [6.45, 7) is 4.23. The largest absolute Gasteiger partial charge is 0.472 e. The minimum absolute atomic E-state index is 0.164. The molecule has 0 fully saturated rings. The molecule has 60 heavy (non-hydrogen) atoms. The molecule has 0 saturated carbocycles. The zero-order valence-electron chi connectivity index (χ0n) is 34.0. The lowest BCUT2D eigenvalue weighted by molar-refractivity contribution is 0.0597. The van der Waals surface area contributed by atoms with Gasteiger partial charge in [-0.25, -0.2) is 14.5 Å². The molecule has 6 aromatic carbocycles. The Morgan fingerprint density at radius 3 is 1.88 bits per heavy atom. The summed E-state index contributed by atoms with van der Waals surface area (Å²) in [5, 5.41) is 13.9. The van der Waals surface area contributed by atoms with Crippen LogP contribution in [-0.2, 0) is 29.7 Å². The van der Waals surface area contributed by atoms with Gasteiger partial charge in [0.25, 0.3) is 0 Å². The summed E-state index contributed by atoms with van der Waals surface area (Å²) in [7, 11) is 1.38. The highest BCUT2D eigenvalue weighted by Gasteiger charge is 2.42. The van der Waals surface area contributed by atoms with E-state index in [0.29, 0.717) is 29.5 Å². The van der Waals surface area contributed by atoms with Gasteiger partial charge in [0.2, 0.25) is 5.88 Å². The lowest BCUT2D eigenvalue weighted by atomic mass is 9.77. The van der Waals surface area contributed by atoms with E-state index in [4.69, 9.17) is 29.8 Å². The van der Waals surface area contributed by atoms with Gasteiger partial charge in [-0.15, -0.1) is 5.10 Å². The van der Waals surface area contributed by atoms with Gasteiger partial charge in [-0.1, -0.05) is 171 Å². The number of hydrogen-bond acceptors (Lipinski definition) is 8. The average molecular weight is 791 g/mol. The number of rotatable bonds is 15. The summed E-state index contributed by atoms with van der Waals surface area (Å²) in [5.41, 5.74) is 9.34. The molecule has 9 heteroatoms. The van der Waals surface area contributed by atoms with E-state index in [1.807, 2.05) is 60.1 Å². The van der Waals surface area contributed by atoms with E-state index in [9.17, 15) is 4.79 Å². The number of methoxy groups -OCH3 is 1. The molecule has 2 aromatic heterocycles. The first-order valence-corrected chi connectivity index (χ1v) is 20.3. The molecule has 0 unspecified atom stereocenters. The first-order valence-electron chi connectivity index (χ1n) is 20.3. The monoisotopic (exact) mass is 790 g/mol. The van der Waals surface area contributed by atoms with Gasteiger partial charge in [0.05, 0.1) is 18.4 Å². The van der Waals surface area contributed by atoms with Crippen LogP contribution < -0.4 is 4.74 Å². The maximum absolute atomic E-state index is 12.5. The van der Waals surface area contributed by atoms with Crippen LogP contribution in [-0.4, -0.2) is 43.3 Å². The van der Waals surface area contributed by atoms with Gasteiger partial charge in [-0.05, 0) is 69.6 Å². The van der Waals surface area contributed by atoms with Crippen LogP contribution in [0.25, 0.3) is 22.5 Å². The lowest BCUT2D eigenvalue weighted by Gasteiger charge is -2.36.